The molecule has 0 bridgehead atoms. The SMILES string of the molecule is COc1ccccc1NCCc1ccc(Cl)cc1. The average Bonchev–Trinajstić information content (AvgIpc) is 2.41. The summed E-state index contributed by atoms with van der Waals surface area (Å²) in [5.74, 6) is 0.869. The first-order valence-electron chi connectivity index (χ1n) is 5.91. The predicted molar refractivity (Wildman–Crippen MR) is 76.6 cm³/mol. The highest BCUT2D eigenvalue weighted by atomic mass is 35.5. The Labute approximate surface area is 113 Å². The van der Waals surface area contributed by atoms with Crippen LogP contribution in [0.2, 0.25) is 5.02 Å². The van der Waals surface area contributed by atoms with Crippen LogP contribution in [0.25, 0.3) is 0 Å². The summed E-state index contributed by atoms with van der Waals surface area (Å²) in [6, 6.07) is 15.8. The number of halogens is 1. The Kier molecular flexibility index (Phi) is 4.48. The molecule has 0 aliphatic carbocycles. The van der Waals surface area contributed by atoms with E-state index in [0.29, 0.717) is 0 Å². The van der Waals surface area contributed by atoms with Crippen molar-refractivity contribution in [2.24, 2.45) is 0 Å². The molecule has 0 atom stereocenters. The van der Waals surface area contributed by atoms with Crippen molar-refractivity contribution in [1.29, 1.82) is 0 Å². The first-order valence-corrected chi connectivity index (χ1v) is 6.29. The molecule has 2 aromatic rings. The number of hydrogen-bond acceptors (Lipinski definition) is 2. The van der Waals surface area contributed by atoms with Gasteiger partial charge in [0, 0.05) is 11.6 Å². The van der Waals surface area contributed by atoms with Gasteiger partial charge in [0.25, 0.3) is 0 Å². The molecule has 0 aliphatic rings. The number of benzene rings is 2. The van der Waals surface area contributed by atoms with E-state index in [-0.39, 0.29) is 0 Å². The van der Waals surface area contributed by atoms with Crippen molar-refractivity contribution < 1.29 is 4.74 Å². The lowest BCUT2D eigenvalue weighted by molar-refractivity contribution is 0.416. The largest absolute Gasteiger partial charge is 0.495 e. The van der Waals surface area contributed by atoms with Crippen molar-refractivity contribution in [3.8, 4) is 5.75 Å². The normalized spacial score (nSPS) is 10.1. The molecule has 18 heavy (non-hydrogen) atoms. The van der Waals surface area contributed by atoms with E-state index < -0.39 is 0 Å². The Hall–Kier alpha value is -1.67. The minimum absolute atomic E-state index is 0.774. The average molecular weight is 262 g/mol. The molecule has 2 rings (SSSR count). The fourth-order valence-electron chi connectivity index (χ4n) is 1.78. The second-order valence-electron chi connectivity index (χ2n) is 4.00. The van der Waals surface area contributed by atoms with Crippen LogP contribution in [0.3, 0.4) is 0 Å². The van der Waals surface area contributed by atoms with Crippen LogP contribution in [-0.2, 0) is 6.42 Å². The third kappa shape index (κ3) is 3.41. The zero-order valence-corrected chi connectivity index (χ0v) is 11.1. The van der Waals surface area contributed by atoms with Gasteiger partial charge in [0.15, 0.2) is 0 Å². The van der Waals surface area contributed by atoms with E-state index in [4.69, 9.17) is 16.3 Å². The molecule has 2 nitrogen and oxygen atoms in total. The van der Waals surface area contributed by atoms with Crippen molar-refractivity contribution in [1.82, 2.24) is 0 Å². The molecular weight excluding hydrogens is 246 g/mol. The molecule has 0 heterocycles. The van der Waals surface area contributed by atoms with Crippen LogP contribution in [0, 0.1) is 0 Å². The molecule has 3 heteroatoms. The van der Waals surface area contributed by atoms with Crippen molar-refractivity contribution in [2.75, 3.05) is 19.0 Å². The Bertz CT molecular complexity index is 496. The number of methoxy groups -OCH3 is 1. The van der Waals surface area contributed by atoms with Crippen molar-refractivity contribution in [2.45, 2.75) is 6.42 Å². The van der Waals surface area contributed by atoms with Gasteiger partial charge in [0.05, 0.1) is 12.8 Å². The predicted octanol–water partition coefficient (Wildman–Crippen LogP) is 4.00. The van der Waals surface area contributed by atoms with Gasteiger partial charge in [-0.2, -0.15) is 0 Å². The molecule has 0 saturated heterocycles. The third-order valence-corrected chi connectivity index (χ3v) is 3.00. The smallest absolute Gasteiger partial charge is 0.141 e. The van der Waals surface area contributed by atoms with Crippen LogP contribution in [-0.4, -0.2) is 13.7 Å². The summed E-state index contributed by atoms with van der Waals surface area (Å²) >= 11 is 5.85. The van der Waals surface area contributed by atoms with Gasteiger partial charge in [-0.25, -0.2) is 0 Å². The van der Waals surface area contributed by atoms with Gasteiger partial charge in [-0.1, -0.05) is 35.9 Å². The van der Waals surface area contributed by atoms with Gasteiger partial charge < -0.3 is 10.1 Å². The van der Waals surface area contributed by atoms with Crippen LogP contribution in [0.4, 0.5) is 5.69 Å². The van der Waals surface area contributed by atoms with Crippen molar-refractivity contribution in [3.63, 3.8) is 0 Å². The summed E-state index contributed by atoms with van der Waals surface area (Å²) in [6.45, 7) is 0.863. The molecule has 0 saturated carbocycles. The standard InChI is InChI=1S/C15H16ClNO/c1-18-15-5-3-2-4-14(15)17-11-10-12-6-8-13(16)9-7-12/h2-9,17H,10-11H2,1H3. The minimum atomic E-state index is 0.774. The Morgan fingerprint density at radius 1 is 1.06 bits per heavy atom. The quantitative estimate of drug-likeness (QED) is 0.878. The molecule has 0 aliphatic heterocycles. The zero-order valence-electron chi connectivity index (χ0n) is 10.3. The van der Waals surface area contributed by atoms with E-state index in [0.717, 1.165) is 29.4 Å². The summed E-state index contributed by atoms with van der Waals surface area (Å²) in [5.41, 5.74) is 2.29. The topological polar surface area (TPSA) is 21.3 Å². The van der Waals surface area contributed by atoms with Crippen LogP contribution in [0.5, 0.6) is 5.75 Å². The third-order valence-electron chi connectivity index (χ3n) is 2.75. The molecular formula is C15H16ClNO. The molecule has 0 amide bonds. The zero-order chi connectivity index (χ0) is 12.8. The second-order valence-corrected chi connectivity index (χ2v) is 4.44. The minimum Gasteiger partial charge on any atom is -0.495 e. The van der Waals surface area contributed by atoms with Gasteiger partial charge in [0.1, 0.15) is 5.75 Å². The molecule has 0 spiro atoms. The lowest BCUT2D eigenvalue weighted by Crippen LogP contribution is -2.05. The molecule has 0 unspecified atom stereocenters. The van der Waals surface area contributed by atoms with E-state index >= 15 is 0 Å². The summed E-state index contributed by atoms with van der Waals surface area (Å²) in [6.07, 6.45) is 0.954. The highest BCUT2D eigenvalue weighted by Gasteiger charge is 2.00. The van der Waals surface area contributed by atoms with Crippen LogP contribution >= 0.6 is 11.6 Å². The maximum Gasteiger partial charge on any atom is 0.141 e. The molecule has 0 aromatic heterocycles. The Morgan fingerprint density at radius 3 is 2.50 bits per heavy atom. The maximum absolute atomic E-state index is 5.85. The lowest BCUT2D eigenvalue weighted by atomic mass is 10.1. The number of hydrogen-bond donors (Lipinski definition) is 1. The summed E-state index contributed by atoms with van der Waals surface area (Å²) in [4.78, 5) is 0. The monoisotopic (exact) mass is 261 g/mol. The van der Waals surface area contributed by atoms with Gasteiger partial charge >= 0.3 is 0 Å². The summed E-state index contributed by atoms with van der Waals surface area (Å²) in [5, 5.41) is 4.14. The fraction of sp³-hybridized carbons (Fsp3) is 0.200. The van der Waals surface area contributed by atoms with Crippen molar-refractivity contribution >= 4 is 17.3 Å². The Morgan fingerprint density at radius 2 is 1.78 bits per heavy atom. The number of para-hydroxylation sites is 2. The first-order chi connectivity index (χ1) is 8.79. The Balaban J connectivity index is 1.90. The van der Waals surface area contributed by atoms with Crippen LogP contribution in [0.1, 0.15) is 5.56 Å². The van der Waals surface area contributed by atoms with E-state index in [1.54, 1.807) is 7.11 Å². The molecule has 1 N–H and O–H groups in total. The highest BCUT2D eigenvalue weighted by Crippen LogP contribution is 2.22. The van der Waals surface area contributed by atoms with E-state index in [9.17, 15) is 0 Å². The number of anilines is 1. The molecule has 2 aromatic carbocycles. The van der Waals surface area contributed by atoms with Gasteiger partial charge in [-0.15, -0.1) is 0 Å². The van der Waals surface area contributed by atoms with E-state index in [1.807, 2.05) is 48.5 Å². The summed E-state index contributed by atoms with van der Waals surface area (Å²) in [7, 11) is 1.68. The van der Waals surface area contributed by atoms with Crippen LogP contribution < -0.4 is 10.1 Å². The molecule has 0 radical (unpaired) electrons. The lowest BCUT2D eigenvalue weighted by Gasteiger charge is -2.10. The number of rotatable bonds is 5. The van der Waals surface area contributed by atoms with E-state index in [2.05, 4.69) is 5.32 Å². The second kappa shape index (κ2) is 6.31. The first kappa shape index (κ1) is 12.8. The number of nitrogens with one attached hydrogen (secondary N) is 1. The fourth-order valence-corrected chi connectivity index (χ4v) is 1.91. The van der Waals surface area contributed by atoms with Crippen LogP contribution in [0.15, 0.2) is 48.5 Å². The van der Waals surface area contributed by atoms with Crippen molar-refractivity contribution in [3.05, 3.63) is 59.1 Å². The maximum atomic E-state index is 5.85. The molecule has 0 fully saturated rings. The van der Waals surface area contributed by atoms with Gasteiger partial charge in [0.2, 0.25) is 0 Å². The summed E-state index contributed by atoms with van der Waals surface area (Å²) < 4.78 is 5.28. The van der Waals surface area contributed by atoms with Gasteiger partial charge in [-0.3, -0.25) is 0 Å². The number of ether oxygens (including phenoxy) is 1. The van der Waals surface area contributed by atoms with E-state index in [1.165, 1.54) is 5.56 Å². The highest BCUT2D eigenvalue weighted by molar-refractivity contribution is 6.30. The van der Waals surface area contributed by atoms with Gasteiger partial charge in [-0.05, 0) is 36.2 Å². The molecule has 94 valence electrons.